The predicted octanol–water partition coefficient (Wildman–Crippen LogP) is 3.30. The normalized spacial score (nSPS) is 14.2. The molecule has 3 aromatic rings. The molecule has 1 fully saturated rings. The standard InChI is InChI=1S/C20H21N5O2/c26-19(14-25-23-20(22-24-25)15-7-2-1-3-8-15)21-16-9-6-12-18(13-16)27-17-10-4-5-11-17/h1-3,6-9,12-13,17H,4-5,10-11,14H2,(H,21,26). The highest BCUT2D eigenvalue weighted by molar-refractivity contribution is 5.90. The van der Waals surface area contributed by atoms with Crippen molar-refractivity contribution in [3.05, 3.63) is 54.6 Å². The van der Waals surface area contributed by atoms with Gasteiger partial charge in [-0.25, -0.2) is 0 Å². The van der Waals surface area contributed by atoms with Crippen molar-refractivity contribution in [1.29, 1.82) is 0 Å². The Balaban J connectivity index is 1.36. The minimum absolute atomic E-state index is 0.00641. The summed E-state index contributed by atoms with van der Waals surface area (Å²) >= 11 is 0. The van der Waals surface area contributed by atoms with Crippen molar-refractivity contribution in [2.24, 2.45) is 0 Å². The van der Waals surface area contributed by atoms with Gasteiger partial charge in [0.15, 0.2) is 0 Å². The van der Waals surface area contributed by atoms with Gasteiger partial charge in [0, 0.05) is 17.3 Å². The Labute approximate surface area is 157 Å². The number of nitrogens with zero attached hydrogens (tertiary/aromatic N) is 4. The van der Waals surface area contributed by atoms with Gasteiger partial charge in [0.1, 0.15) is 12.3 Å². The summed E-state index contributed by atoms with van der Waals surface area (Å²) in [5, 5.41) is 15.1. The minimum atomic E-state index is -0.218. The van der Waals surface area contributed by atoms with Crippen LogP contribution in [-0.2, 0) is 11.3 Å². The first-order valence-corrected chi connectivity index (χ1v) is 9.16. The largest absolute Gasteiger partial charge is 0.490 e. The summed E-state index contributed by atoms with van der Waals surface area (Å²) in [4.78, 5) is 13.6. The van der Waals surface area contributed by atoms with Gasteiger partial charge >= 0.3 is 0 Å². The first kappa shape index (κ1) is 17.2. The molecule has 0 bridgehead atoms. The number of nitrogens with one attached hydrogen (secondary N) is 1. The van der Waals surface area contributed by atoms with Crippen molar-refractivity contribution < 1.29 is 9.53 Å². The first-order chi connectivity index (χ1) is 13.3. The van der Waals surface area contributed by atoms with Crippen LogP contribution >= 0.6 is 0 Å². The maximum Gasteiger partial charge on any atom is 0.248 e. The van der Waals surface area contributed by atoms with Crippen molar-refractivity contribution in [2.75, 3.05) is 5.32 Å². The Morgan fingerprint density at radius 2 is 1.93 bits per heavy atom. The summed E-state index contributed by atoms with van der Waals surface area (Å²) in [5.41, 5.74) is 1.56. The molecular weight excluding hydrogens is 342 g/mol. The highest BCUT2D eigenvalue weighted by Crippen LogP contribution is 2.25. The Morgan fingerprint density at radius 3 is 2.74 bits per heavy atom. The summed E-state index contributed by atoms with van der Waals surface area (Å²) in [6.45, 7) is -0.00641. The molecule has 27 heavy (non-hydrogen) atoms. The van der Waals surface area contributed by atoms with Crippen molar-refractivity contribution in [3.8, 4) is 17.1 Å². The molecular formula is C20H21N5O2. The van der Waals surface area contributed by atoms with Crippen molar-refractivity contribution in [1.82, 2.24) is 20.2 Å². The van der Waals surface area contributed by atoms with E-state index in [1.54, 1.807) is 0 Å². The van der Waals surface area contributed by atoms with E-state index in [2.05, 4.69) is 20.7 Å². The maximum atomic E-state index is 12.3. The smallest absolute Gasteiger partial charge is 0.248 e. The van der Waals surface area contributed by atoms with E-state index in [4.69, 9.17) is 4.74 Å². The number of rotatable bonds is 6. The fraction of sp³-hybridized carbons (Fsp3) is 0.300. The van der Waals surface area contributed by atoms with Crippen LogP contribution in [0.5, 0.6) is 5.75 Å². The molecule has 1 aromatic heterocycles. The molecule has 1 aliphatic rings. The molecule has 1 N–H and O–H groups in total. The Hall–Kier alpha value is -3.22. The number of tetrazole rings is 1. The summed E-state index contributed by atoms with van der Waals surface area (Å²) in [5.74, 6) is 1.06. The van der Waals surface area contributed by atoms with Crippen LogP contribution in [0.15, 0.2) is 54.6 Å². The molecule has 1 aliphatic carbocycles. The van der Waals surface area contributed by atoms with Crippen LogP contribution in [0, 0.1) is 0 Å². The average Bonchev–Trinajstić information content (AvgIpc) is 3.35. The highest BCUT2D eigenvalue weighted by Gasteiger charge is 2.16. The molecule has 0 unspecified atom stereocenters. The monoisotopic (exact) mass is 363 g/mol. The van der Waals surface area contributed by atoms with Gasteiger partial charge in [-0.15, -0.1) is 10.2 Å². The zero-order chi connectivity index (χ0) is 18.5. The van der Waals surface area contributed by atoms with Crippen LogP contribution in [0.1, 0.15) is 25.7 Å². The van der Waals surface area contributed by atoms with Gasteiger partial charge in [-0.3, -0.25) is 4.79 Å². The molecule has 1 saturated carbocycles. The quantitative estimate of drug-likeness (QED) is 0.727. The lowest BCUT2D eigenvalue weighted by molar-refractivity contribution is -0.117. The van der Waals surface area contributed by atoms with E-state index < -0.39 is 0 Å². The van der Waals surface area contributed by atoms with Gasteiger partial charge in [0.25, 0.3) is 0 Å². The number of carbonyl (C=O) groups excluding carboxylic acids is 1. The summed E-state index contributed by atoms with van der Waals surface area (Å²) in [6, 6.07) is 17.0. The van der Waals surface area contributed by atoms with Gasteiger partial charge in [-0.05, 0) is 43.0 Å². The lowest BCUT2D eigenvalue weighted by atomic mass is 10.2. The maximum absolute atomic E-state index is 12.3. The molecule has 2 aromatic carbocycles. The van der Waals surface area contributed by atoms with Crippen LogP contribution in [-0.4, -0.2) is 32.2 Å². The Kier molecular flexibility index (Phi) is 5.09. The van der Waals surface area contributed by atoms with Gasteiger partial charge < -0.3 is 10.1 Å². The first-order valence-electron chi connectivity index (χ1n) is 9.16. The molecule has 0 spiro atoms. The number of hydrogen-bond donors (Lipinski definition) is 1. The number of amides is 1. The average molecular weight is 363 g/mol. The van der Waals surface area contributed by atoms with Gasteiger partial charge in [-0.1, -0.05) is 36.4 Å². The predicted molar refractivity (Wildman–Crippen MR) is 101 cm³/mol. The SMILES string of the molecule is O=C(Cn1nnc(-c2ccccc2)n1)Nc1cccc(OC2CCCC2)c1. The van der Waals surface area contributed by atoms with Crippen molar-refractivity contribution in [2.45, 2.75) is 38.3 Å². The van der Waals surface area contributed by atoms with E-state index in [9.17, 15) is 4.79 Å². The topological polar surface area (TPSA) is 81.9 Å². The van der Waals surface area contributed by atoms with E-state index in [0.29, 0.717) is 11.5 Å². The van der Waals surface area contributed by atoms with Crippen LogP contribution in [0.3, 0.4) is 0 Å². The van der Waals surface area contributed by atoms with Gasteiger partial charge in [-0.2, -0.15) is 4.80 Å². The third-order valence-corrected chi connectivity index (χ3v) is 4.49. The van der Waals surface area contributed by atoms with Crippen LogP contribution in [0.2, 0.25) is 0 Å². The third kappa shape index (κ3) is 4.49. The molecule has 0 saturated heterocycles. The fourth-order valence-electron chi connectivity index (χ4n) is 3.19. The number of anilines is 1. The second kappa shape index (κ2) is 7.99. The second-order valence-electron chi connectivity index (χ2n) is 6.61. The second-order valence-corrected chi connectivity index (χ2v) is 6.61. The minimum Gasteiger partial charge on any atom is -0.490 e. The summed E-state index contributed by atoms with van der Waals surface area (Å²) in [7, 11) is 0. The van der Waals surface area contributed by atoms with Crippen LogP contribution in [0.4, 0.5) is 5.69 Å². The van der Waals surface area contributed by atoms with Gasteiger partial charge in [0.05, 0.1) is 6.10 Å². The van der Waals surface area contributed by atoms with Gasteiger partial charge in [0.2, 0.25) is 11.7 Å². The zero-order valence-electron chi connectivity index (χ0n) is 14.9. The number of aromatic nitrogens is 4. The zero-order valence-corrected chi connectivity index (χ0v) is 14.9. The third-order valence-electron chi connectivity index (χ3n) is 4.49. The van der Waals surface area contributed by atoms with Crippen LogP contribution < -0.4 is 10.1 Å². The summed E-state index contributed by atoms with van der Waals surface area (Å²) in [6.07, 6.45) is 4.91. The van der Waals surface area contributed by atoms with Crippen LogP contribution in [0.25, 0.3) is 11.4 Å². The molecule has 0 aliphatic heterocycles. The molecule has 0 radical (unpaired) electrons. The summed E-state index contributed by atoms with van der Waals surface area (Å²) < 4.78 is 5.98. The number of benzene rings is 2. The van der Waals surface area contributed by atoms with Crippen molar-refractivity contribution in [3.63, 3.8) is 0 Å². The Morgan fingerprint density at radius 1 is 1.11 bits per heavy atom. The molecule has 7 heteroatoms. The van der Waals surface area contributed by atoms with E-state index >= 15 is 0 Å². The molecule has 1 amide bonds. The van der Waals surface area contributed by atoms with Crippen molar-refractivity contribution >= 4 is 11.6 Å². The highest BCUT2D eigenvalue weighted by atomic mass is 16.5. The fourth-order valence-corrected chi connectivity index (χ4v) is 3.19. The lowest BCUT2D eigenvalue weighted by Gasteiger charge is -2.14. The molecule has 4 rings (SSSR count). The lowest BCUT2D eigenvalue weighted by Crippen LogP contribution is -2.20. The van der Waals surface area contributed by atoms with E-state index in [0.717, 1.165) is 24.2 Å². The number of hydrogen-bond acceptors (Lipinski definition) is 5. The van der Waals surface area contributed by atoms with E-state index in [-0.39, 0.29) is 18.6 Å². The van der Waals surface area contributed by atoms with E-state index in [1.165, 1.54) is 17.6 Å². The van der Waals surface area contributed by atoms with E-state index in [1.807, 2.05) is 54.6 Å². The molecule has 138 valence electrons. The molecule has 7 nitrogen and oxygen atoms in total. The Bertz CT molecular complexity index is 904. The number of carbonyl (C=O) groups is 1. The molecule has 1 heterocycles. The molecule has 0 atom stereocenters. The number of ether oxygens (including phenoxy) is 1.